The minimum absolute atomic E-state index is 0.101. The summed E-state index contributed by atoms with van der Waals surface area (Å²) in [6.45, 7) is 0. The van der Waals surface area contributed by atoms with Crippen LogP contribution in [0.2, 0.25) is 0 Å². The van der Waals surface area contributed by atoms with Crippen LogP contribution in [-0.2, 0) is 9.59 Å². The van der Waals surface area contributed by atoms with E-state index in [0.29, 0.717) is 6.29 Å². The Morgan fingerprint density at radius 2 is 2.42 bits per heavy atom. The van der Waals surface area contributed by atoms with E-state index in [-0.39, 0.29) is 12.3 Å². The van der Waals surface area contributed by atoms with Gasteiger partial charge in [0, 0.05) is 12.4 Å². The van der Waals surface area contributed by atoms with Gasteiger partial charge in [-0.15, -0.1) is 0 Å². The third kappa shape index (κ3) is 2.45. The highest BCUT2D eigenvalue weighted by molar-refractivity contribution is 5.84. The van der Waals surface area contributed by atoms with Crippen molar-refractivity contribution in [3.63, 3.8) is 0 Å². The monoisotopic (exact) mass is 166 g/mol. The Morgan fingerprint density at radius 1 is 1.58 bits per heavy atom. The molecule has 0 spiro atoms. The third-order valence-corrected chi connectivity index (χ3v) is 1.01. The summed E-state index contributed by atoms with van der Waals surface area (Å²) in [7, 11) is 0. The molecular weight excluding hydrogens is 160 g/mol. The van der Waals surface area contributed by atoms with Gasteiger partial charge in [-0.05, 0) is 0 Å². The Morgan fingerprint density at radius 3 is 3.00 bits per heavy atom. The van der Waals surface area contributed by atoms with E-state index < -0.39 is 5.97 Å². The van der Waals surface area contributed by atoms with E-state index in [1.165, 1.54) is 18.6 Å². The fraction of sp³-hybridized carbons (Fsp3) is 0.143. The van der Waals surface area contributed by atoms with Crippen molar-refractivity contribution in [1.82, 2.24) is 9.97 Å². The van der Waals surface area contributed by atoms with Gasteiger partial charge in [0.1, 0.15) is 12.7 Å². The Hall–Kier alpha value is -1.78. The molecule has 0 bridgehead atoms. The zero-order valence-electron chi connectivity index (χ0n) is 6.14. The molecule has 5 heteroatoms. The molecule has 1 rings (SSSR count). The quantitative estimate of drug-likeness (QED) is 0.358. The lowest BCUT2D eigenvalue weighted by Gasteiger charge is -1.97. The van der Waals surface area contributed by atoms with Gasteiger partial charge in [0.05, 0.1) is 6.20 Å². The van der Waals surface area contributed by atoms with Crippen LogP contribution in [-0.4, -0.2) is 22.2 Å². The third-order valence-electron chi connectivity index (χ3n) is 1.01. The molecule has 0 atom stereocenters. The molecule has 5 nitrogen and oxygen atoms in total. The van der Waals surface area contributed by atoms with E-state index >= 15 is 0 Å². The van der Waals surface area contributed by atoms with Crippen molar-refractivity contribution in [3.8, 4) is 5.88 Å². The molecule has 0 fully saturated rings. The molecule has 62 valence electrons. The SMILES string of the molecule is O=CCC(=O)Oc1cnccn1. The molecule has 0 aliphatic heterocycles. The zero-order valence-corrected chi connectivity index (χ0v) is 6.14. The fourth-order valence-corrected chi connectivity index (χ4v) is 0.564. The normalized spacial score (nSPS) is 9.00. The van der Waals surface area contributed by atoms with E-state index in [4.69, 9.17) is 0 Å². The molecule has 12 heavy (non-hydrogen) atoms. The molecule has 1 heterocycles. The van der Waals surface area contributed by atoms with Crippen LogP contribution in [0.5, 0.6) is 5.88 Å². The number of aromatic nitrogens is 2. The summed E-state index contributed by atoms with van der Waals surface area (Å²) < 4.78 is 4.61. The summed E-state index contributed by atoms with van der Waals surface area (Å²) in [6, 6.07) is 0. The van der Waals surface area contributed by atoms with Crippen molar-refractivity contribution >= 4 is 12.3 Å². The molecule has 0 N–H and O–H groups in total. The van der Waals surface area contributed by atoms with Gasteiger partial charge in [0.25, 0.3) is 0 Å². The first-order valence-electron chi connectivity index (χ1n) is 3.23. The van der Waals surface area contributed by atoms with Crippen LogP contribution in [0.4, 0.5) is 0 Å². The first-order valence-corrected chi connectivity index (χ1v) is 3.23. The molecule has 1 aromatic heterocycles. The Kier molecular flexibility index (Phi) is 2.89. The minimum atomic E-state index is -0.634. The summed E-state index contributed by atoms with van der Waals surface area (Å²) in [5.41, 5.74) is 0. The lowest BCUT2D eigenvalue weighted by Crippen LogP contribution is -2.08. The predicted molar refractivity (Wildman–Crippen MR) is 38.3 cm³/mol. The van der Waals surface area contributed by atoms with Gasteiger partial charge in [0.2, 0.25) is 5.88 Å². The second kappa shape index (κ2) is 4.17. The van der Waals surface area contributed by atoms with Gasteiger partial charge >= 0.3 is 5.97 Å². The highest BCUT2D eigenvalue weighted by atomic mass is 16.5. The molecule has 1 aromatic rings. The second-order valence-corrected chi connectivity index (χ2v) is 1.89. The van der Waals surface area contributed by atoms with Gasteiger partial charge < -0.3 is 9.53 Å². The molecule has 0 saturated heterocycles. The number of hydrogen-bond acceptors (Lipinski definition) is 5. The Balaban J connectivity index is 2.52. The highest BCUT2D eigenvalue weighted by Crippen LogP contribution is 2.01. The first kappa shape index (κ1) is 8.32. The molecule has 0 amide bonds. The van der Waals surface area contributed by atoms with Crippen LogP contribution in [0.1, 0.15) is 6.42 Å². The summed E-state index contributed by atoms with van der Waals surface area (Å²) in [5, 5.41) is 0. The molecule has 0 radical (unpaired) electrons. The van der Waals surface area contributed by atoms with E-state index in [0.717, 1.165) is 0 Å². The number of nitrogens with zero attached hydrogens (tertiary/aromatic N) is 2. The number of aldehydes is 1. The van der Waals surface area contributed by atoms with Crippen molar-refractivity contribution in [2.24, 2.45) is 0 Å². The minimum Gasteiger partial charge on any atom is -0.405 e. The Bertz CT molecular complexity index is 273. The van der Waals surface area contributed by atoms with Crippen LogP contribution in [0, 0.1) is 0 Å². The zero-order chi connectivity index (χ0) is 8.81. The van der Waals surface area contributed by atoms with Crippen LogP contribution in [0.25, 0.3) is 0 Å². The van der Waals surface area contributed by atoms with Gasteiger partial charge in [-0.1, -0.05) is 0 Å². The highest BCUT2D eigenvalue weighted by Gasteiger charge is 2.03. The lowest BCUT2D eigenvalue weighted by molar-refractivity contribution is -0.136. The van der Waals surface area contributed by atoms with Gasteiger partial charge in [-0.3, -0.25) is 9.78 Å². The molecule has 0 unspecified atom stereocenters. The summed E-state index contributed by atoms with van der Waals surface area (Å²) >= 11 is 0. The topological polar surface area (TPSA) is 69.2 Å². The summed E-state index contributed by atoms with van der Waals surface area (Å²) in [6.07, 6.45) is 4.35. The summed E-state index contributed by atoms with van der Waals surface area (Å²) in [4.78, 5) is 27.9. The predicted octanol–water partition coefficient (Wildman–Crippen LogP) is -0.0290. The van der Waals surface area contributed by atoms with E-state index in [1.807, 2.05) is 0 Å². The number of ether oxygens (including phenoxy) is 1. The number of esters is 1. The van der Waals surface area contributed by atoms with Gasteiger partial charge in [0.15, 0.2) is 0 Å². The smallest absolute Gasteiger partial charge is 0.319 e. The van der Waals surface area contributed by atoms with Crippen molar-refractivity contribution in [3.05, 3.63) is 18.6 Å². The maximum Gasteiger partial charge on any atom is 0.319 e. The maximum atomic E-state index is 10.7. The standard InChI is InChI=1S/C7H6N2O3/c10-4-1-7(11)12-6-5-8-2-3-9-6/h2-5H,1H2. The molecular formula is C7H6N2O3. The molecule has 0 aromatic carbocycles. The van der Waals surface area contributed by atoms with E-state index in [9.17, 15) is 9.59 Å². The van der Waals surface area contributed by atoms with Crippen LogP contribution in [0.3, 0.4) is 0 Å². The van der Waals surface area contributed by atoms with Crippen molar-refractivity contribution < 1.29 is 14.3 Å². The molecule has 0 aliphatic rings. The Labute approximate surface area is 68.4 Å². The maximum absolute atomic E-state index is 10.7. The largest absolute Gasteiger partial charge is 0.405 e. The van der Waals surface area contributed by atoms with Crippen LogP contribution in [0.15, 0.2) is 18.6 Å². The van der Waals surface area contributed by atoms with E-state index in [1.54, 1.807) is 0 Å². The lowest BCUT2D eigenvalue weighted by atomic mass is 10.5. The second-order valence-electron chi connectivity index (χ2n) is 1.89. The fourth-order valence-electron chi connectivity index (χ4n) is 0.564. The average Bonchev–Trinajstić information content (AvgIpc) is 2.06. The number of carbonyl (C=O) groups excluding carboxylic acids is 2. The number of carbonyl (C=O) groups is 2. The average molecular weight is 166 g/mol. The molecule has 0 saturated carbocycles. The number of rotatable bonds is 3. The van der Waals surface area contributed by atoms with Crippen molar-refractivity contribution in [2.45, 2.75) is 6.42 Å². The first-order chi connectivity index (χ1) is 5.83. The summed E-state index contributed by atoms with van der Waals surface area (Å²) in [5.74, 6) is -0.533. The number of hydrogen-bond donors (Lipinski definition) is 0. The van der Waals surface area contributed by atoms with Crippen LogP contribution < -0.4 is 4.74 Å². The van der Waals surface area contributed by atoms with Gasteiger partial charge in [-0.2, -0.15) is 0 Å². The van der Waals surface area contributed by atoms with E-state index in [2.05, 4.69) is 14.7 Å². The van der Waals surface area contributed by atoms with Gasteiger partial charge in [-0.25, -0.2) is 4.98 Å². The van der Waals surface area contributed by atoms with Crippen molar-refractivity contribution in [2.75, 3.05) is 0 Å². The van der Waals surface area contributed by atoms with Crippen LogP contribution >= 0.6 is 0 Å². The van der Waals surface area contributed by atoms with Crippen molar-refractivity contribution in [1.29, 1.82) is 0 Å². The molecule has 0 aliphatic carbocycles.